The van der Waals surface area contributed by atoms with Gasteiger partial charge in [0, 0.05) is 30.9 Å². The molecule has 3 rings (SSSR count). The smallest absolute Gasteiger partial charge is 0.248 e. The largest absolute Gasteiger partial charge is 0.374 e. The molecule has 0 saturated carbocycles. The van der Waals surface area contributed by atoms with E-state index in [1.165, 1.54) is 0 Å². The number of nitrogens with two attached hydrogens (primary N) is 1. The molecule has 0 spiro atoms. The average Bonchev–Trinajstić information content (AvgIpc) is 2.85. The number of aryl methyl sites for hydroxylation is 2. The summed E-state index contributed by atoms with van der Waals surface area (Å²) in [6.45, 7) is 8.06. The van der Waals surface area contributed by atoms with E-state index in [9.17, 15) is 4.79 Å². The second kappa shape index (κ2) is 7.15. The van der Waals surface area contributed by atoms with Crippen LogP contribution in [0.5, 0.6) is 0 Å². The molecule has 1 aliphatic rings. The molecular formula is C18H24N4O2. The van der Waals surface area contributed by atoms with Gasteiger partial charge in [-0.3, -0.25) is 14.4 Å². The topological polar surface area (TPSA) is 73.4 Å². The number of morpholine rings is 1. The van der Waals surface area contributed by atoms with Crippen LogP contribution in [0, 0.1) is 13.8 Å². The maximum absolute atomic E-state index is 11.3. The van der Waals surface area contributed by atoms with E-state index >= 15 is 0 Å². The minimum absolute atomic E-state index is 0.121. The van der Waals surface area contributed by atoms with Gasteiger partial charge in [0.2, 0.25) is 5.91 Å². The van der Waals surface area contributed by atoms with Gasteiger partial charge in [0.1, 0.15) is 0 Å². The molecule has 0 radical (unpaired) electrons. The Labute approximate surface area is 142 Å². The predicted molar refractivity (Wildman–Crippen MR) is 91.7 cm³/mol. The second-order valence-electron chi connectivity index (χ2n) is 6.40. The molecule has 2 heterocycles. The lowest BCUT2D eigenvalue weighted by atomic mass is 10.1. The molecule has 24 heavy (non-hydrogen) atoms. The summed E-state index contributed by atoms with van der Waals surface area (Å²) in [5.74, 6) is -0.388. The first-order chi connectivity index (χ1) is 11.5. The normalized spacial score (nSPS) is 18.7. The van der Waals surface area contributed by atoms with E-state index in [4.69, 9.17) is 10.5 Å². The second-order valence-corrected chi connectivity index (χ2v) is 6.40. The molecule has 1 aromatic heterocycles. The Hall–Kier alpha value is -2.18. The van der Waals surface area contributed by atoms with Gasteiger partial charge < -0.3 is 10.5 Å². The molecule has 0 aliphatic carbocycles. The van der Waals surface area contributed by atoms with E-state index in [0.717, 1.165) is 43.1 Å². The van der Waals surface area contributed by atoms with Crippen molar-refractivity contribution in [3.05, 3.63) is 52.8 Å². The minimum Gasteiger partial charge on any atom is -0.374 e. The van der Waals surface area contributed by atoms with E-state index in [1.54, 1.807) is 6.07 Å². The van der Waals surface area contributed by atoms with Gasteiger partial charge in [-0.2, -0.15) is 5.10 Å². The van der Waals surface area contributed by atoms with E-state index < -0.39 is 0 Å². The quantitative estimate of drug-likeness (QED) is 0.903. The lowest BCUT2D eigenvalue weighted by molar-refractivity contribution is -0.0405. The maximum Gasteiger partial charge on any atom is 0.248 e. The molecule has 1 atom stereocenters. The van der Waals surface area contributed by atoms with Gasteiger partial charge in [-0.25, -0.2) is 0 Å². The van der Waals surface area contributed by atoms with Crippen LogP contribution < -0.4 is 5.73 Å². The highest BCUT2D eigenvalue weighted by Gasteiger charge is 2.22. The van der Waals surface area contributed by atoms with E-state index in [1.807, 2.05) is 29.8 Å². The summed E-state index contributed by atoms with van der Waals surface area (Å²) in [6.07, 6.45) is 0.121. The molecule has 0 bridgehead atoms. The Kier molecular flexibility index (Phi) is 4.97. The van der Waals surface area contributed by atoms with Crippen LogP contribution in [-0.2, 0) is 17.8 Å². The zero-order valence-corrected chi connectivity index (χ0v) is 14.2. The van der Waals surface area contributed by atoms with Crippen molar-refractivity contribution in [3.63, 3.8) is 0 Å². The summed E-state index contributed by atoms with van der Waals surface area (Å²) in [4.78, 5) is 13.7. The molecule has 2 N–H and O–H groups in total. The molecule has 1 aromatic carbocycles. The fourth-order valence-electron chi connectivity index (χ4n) is 3.17. The van der Waals surface area contributed by atoms with Crippen LogP contribution in [0.4, 0.5) is 0 Å². The van der Waals surface area contributed by atoms with E-state index in [2.05, 4.69) is 23.0 Å². The average molecular weight is 328 g/mol. The number of ether oxygens (including phenoxy) is 1. The SMILES string of the molecule is Cc1cc(C)n(CC2CN(Cc3cccc(C(N)=O)c3)CCO2)n1. The Morgan fingerprint density at radius 3 is 2.92 bits per heavy atom. The van der Waals surface area contributed by atoms with Crippen LogP contribution in [0.15, 0.2) is 30.3 Å². The standard InChI is InChI=1S/C18H24N4O2/c1-13-8-14(2)22(20-13)12-17-11-21(6-7-24-17)10-15-4-3-5-16(9-15)18(19)23/h3-5,8-9,17H,6-7,10-12H2,1-2H3,(H2,19,23). The molecule has 128 valence electrons. The number of rotatable bonds is 5. The highest BCUT2D eigenvalue weighted by atomic mass is 16.5. The molecule has 1 unspecified atom stereocenters. The number of hydrogen-bond acceptors (Lipinski definition) is 4. The van der Waals surface area contributed by atoms with Crippen molar-refractivity contribution >= 4 is 5.91 Å². The Morgan fingerprint density at radius 1 is 1.38 bits per heavy atom. The fourth-order valence-corrected chi connectivity index (χ4v) is 3.17. The van der Waals surface area contributed by atoms with Crippen molar-refractivity contribution in [3.8, 4) is 0 Å². The first-order valence-corrected chi connectivity index (χ1v) is 8.25. The van der Waals surface area contributed by atoms with Crippen molar-refractivity contribution in [2.75, 3.05) is 19.7 Å². The predicted octanol–water partition coefficient (Wildman–Crippen LogP) is 1.50. The third-order valence-corrected chi connectivity index (χ3v) is 4.32. The van der Waals surface area contributed by atoms with Gasteiger partial charge in [0.25, 0.3) is 0 Å². The number of primary amides is 1. The summed E-state index contributed by atoms with van der Waals surface area (Å²) in [6, 6.07) is 9.60. The zero-order valence-electron chi connectivity index (χ0n) is 14.2. The summed E-state index contributed by atoms with van der Waals surface area (Å²) < 4.78 is 7.91. The van der Waals surface area contributed by atoms with E-state index in [-0.39, 0.29) is 12.0 Å². The van der Waals surface area contributed by atoms with Crippen LogP contribution in [0.25, 0.3) is 0 Å². The highest BCUT2D eigenvalue weighted by molar-refractivity contribution is 5.92. The van der Waals surface area contributed by atoms with Gasteiger partial charge in [-0.1, -0.05) is 12.1 Å². The lowest BCUT2D eigenvalue weighted by Crippen LogP contribution is -2.44. The summed E-state index contributed by atoms with van der Waals surface area (Å²) in [5, 5.41) is 4.51. The van der Waals surface area contributed by atoms with Crippen molar-refractivity contribution in [1.29, 1.82) is 0 Å². The third-order valence-electron chi connectivity index (χ3n) is 4.32. The van der Waals surface area contributed by atoms with E-state index in [0.29, 0.717) is 12.2 Å². The molecule has 1 fully saturated rings. The molecule has 1 aliphatic heterocycles. The number of hydrogen-bond donors (Lipinski definition) is 1. The van der Waals surface area contributed by atoms with Crippen LogP contribution in [-0.4, -0.2) is 46.4 Å². The van der Waals surface area contributed by atoms with Crippen LogP contribution in [0.2, 0.25) is 0 Å². The number of aromatic nitrogens is 2. The van der Waals surface area contributed by atoms with Crippen molar-refractivity contribution < 1.29 is 9.53 Å². The maximum atomic E-state index is 11.3. The first kappa shape index (κ1) is 16.7. The first-order valence-electron chi connectivity index (χ1n) is 8.25. The minimum atomic E-state index is -0.388. The molecular weight excluding hydrogens is 304 g/mol. The van der Waals surface area contributed by atoms with Gasteiger partial charge in [-0.05, 0) is 37.6 Å². The monoisotopic (exact) mass is 328 g/mol. The molecule has 1 amide bonds. The number of benzene rings is 1. The fraction of sp³-hybridized carbons (Fsp3) is 0.444. The van der Waals surface area contributed by atoms with Gasteiger partial charge in [0.05, 0.1) is 24.9 Å². The molecule has 1 saturated heterocycles. The third kappa shape index (κ3) is 4.01. The van der Waals surface area contributed by atoms with Crippen molar-refractivity contribution in [1.82, 2.24) is 14.7 Å². The van der Waals surface area contributed by atoms with Crippen molar-refractivity contribution in [2.45, 2.75) is 33.0 Å². The van der Waals surface area contributed by atoms with Gasteiger partial charge in [0.15, 0.2) is 0 Å². The number of carbonyl (C=O) groups is 1. The van der Waals surface area contributed by atoms with Gasteiger partial charge >= 0.3 is 0 Å². The van der Waals surface area contributed by atoms with Crippen LogP contribution in [0.3, 0.4) is 0 Å². The Bertz CT molecular complexity index is 726. The molecule has 6 heteroatoms. The summed E-state index contributed by atoms with van der Waals surface area (Å²) in [7, 11) is 0. The number of nitrogens with zero attached hydrogens (tertiary/aromatic N) is 3. The van der Waals surface area contributed by atoms with Crippen molar-refractivity contribution in [2.24, 2.45) is 5.73 Å². The summed E-state index contributed by atoms with van der Waals surface area (Å²) in [5.41, 5.74) is 9.19. The molecule has 6 nitrogen and oxygen atoms in total. The number of amides is 1. The molecule has 2 aromatic rings. The zero-order chi connectivity index (χ0) is 17.1. The summed E-state index contributed by atoms with van der Waals surface area (Å²) >= 11 is 0. The van der Waals surface area contributed by atoms with Gasteiger partial charge in [-0.15, -0.1) is 0 Å². The van der Waals surface area contributed by atoms with Crippen LogP contribution >= 0.6 is 0 Å². The number of carbonyl (C=O) groups excluding carboxylic acids is 1. The lowest BCUT2D eigenvalue weighted by Gasteiger charge is -2.33. The van der Waals surface area contributed by atoms with Crippen LogP contribution in [0.1, 0.15) is 27.3 Å². The highest BCUT2D eigenvalue weighted by Crippen LogP contribution is 2.14. The Balaban J connectivity index is 1.62. The Morgan fingerprint density at radius 2 is 2.21 bits per heavy atom.